The van der Waals surface area contributed by atoms with E-state index in [4.69, 9.17) is 4.74 Å². The SMILES string of the molecule is CC(C)(C)OC(=O)NCc1cccc(-n2nc(C(F)(F)F)cc2C(=O)Nc2cccc(C(CCC3CC3)(NS(=O)C(C)(C)C)c3ccc(C#N)cc3)c2)c1. The number of anilines is 1. The van der Waals surface area contributed by atoms with Gasteiger partial charge in [-0.05, 0) is 113 Å². The number of halogens is 3. The molecule has 3 aromatic carbocycles. The Morgan fingerprint density at radius 3 is 2.24 bits per heavy atom. The lowest BCUT2D eigenvalue weighted by Crippen LogP contribution is -2.49. The van der Waals surface area contributed by atoms with Crippen molar-refractivity contribution in [2.24, 2.45) is 5.92 Å². The van der Waals surface area contributed by atoms with Crippen LogP contribution in [0.2, 0.25) is 0 Å². The fourth-order valence-electron chi connectivity index (χ4n) is 5.81. The Morgan fingerprint density at radius 1 is 0.944 bits per heavy atom. The number of hydrogen-bond acceptors (Lipinski definition) is 6. The molecule has 1 aromatic heterocycles. The maximum Gasteiger partial charge on any atom is 0.435 e. The van der Waals surface area contributed by atoms with Crippen molar-refractivity contribution >= 4 is 28.7 Å². The first-order chi connectivity index (χ1) is 25.3. The molecule has 1 aliphatic carbocycles. The van der Waals surface area contributed by atoms with E-state index in [0.29, 0.717) is 40.8 Å². The van der Waals surface area contributed by atoms with Crippen LogP contribution < -0.4 is 15.4 Å². The smallest absolute Gasteiger partial charge is 0.435 e. The highest BCUT2D eigenvalue weighted by molar-refractivity contribution is 7.84. The Balaban J connectivity index is 1.51. The first kappa shape index (κ1) is 40.2. The quantitative estimate of drug-likeness (QED) is 0.132. The summed E-state index contributed by atoms with van der Waals surface area (Å²) in [6, 6.07) is 23.1. The van der Waals surface area contributed by atoms with Crippen LogP contribution in [0.15, 0.2) is 78.9 Å². The minimum atomic E-state index is -4.84. The molecule has 1 heterocycles. The minimum Gasteiger partial charge on any atom is -0.444 e. The van der Waals surface area contributed by atoms with E-state index >= 15 is 0 Å². The normalized spacial score (nSPS) is 15.1. The third-order valence-electron chi connectivity index (χ3n) is 8.79. The van der Waals surface area contributed by atoms with Crippen LogP contribution in [0.3, 0.4) is 0 Å². The highest BCUT2D eigenvalue weighted by Gasteiger charge is 2.40. The van der Waals surface area contributed by atoms with Crippen molar-refractivity contribution in [2.45, 2.75) is 95.8 Å². The van der Waals surface area contributed by atoms with E-state index in [9.17, 15) is 32.2 Å². The maximum absolute atomic E-state index is 14.0. The Bertz CT molecular complexity index is 2060. The molecule has 54 heavy (non-hydrogen) atoms. The summed E-state index contributed by atoms with van der Waals surface area (Å²) in [5, 5.41) is 18.6. The molecule has 5 rings (SSSR count). The van der Waals surface area contributed by atoms with Crippen LogP contribution in [-0.2, 0) is 34.0 Å². The molecule has 1 aliphatic rings. The molecule has 14 heteroatoms. The second kappa shape index (κ2) is 15.8. The molecule has 0 saturated heterocycles. The summed E-state index contributed by atoms with van der Waals surface area (Å²) in [6.07, 6.45) is -1.92. The molecular weight excluding hydrogens is 718 g/mol. The summed E-state index contributed by atoms with van der Waals surface area (Å²) in [4.78, 5) is 26.1. The first-order valence-electron chi connectivity index (χ1n) is 17.6. The van der Waals surface area contributed by atoms with Gasteiger partial charge in [-0.25, -0.2) is 18.4 Å². The number of carbonyl (C=O) groups excluding carboxylic acids is 2. The molecule has 1 saturated carbocycles. The molecule has 4 aromatic rings. The molecule has 0 radical (unpaired) electrons. The number of benzene rings is 3. The van der Waals surface area contributed by atoms with Gasteiger partial charge in [0.1, 0.15) is 11.3 Å². The van der Waals surface area contributed by atoms with E-state index in [1.807, 2.05) is 39.0 Å². The molecule has 1 fully saturated rings. The summed E-state index contributed by atoms with van der Waals surface area (Å²) < 4.78 is 64.8. The van der Waals surface area contributed by atoms with Crippen molar-refractivity contribution in [1.82, 2.24) is 19.8 Å². The Kier molecular flexibility index (Phi) is 11.7. The second-order valence-corrected chi connectivity index (χ2v) is 17.4. The predicted molar refractivity (Wildman–Crippen MR) is 201 cm³/mol. The fraction of sp³-hybridized carbons (Fsp3) is 0.400. The monoisotopic (exact) mass is 762 g/mol. The average molecular weight is 763 g/mol. The number of ether oxygens (including phenoxy) is 1. The fourth-order valence-corrected chi connectivity index (χ4v) is 6.77. The number of nitrogens with zero attached hydrogens (tertiary/aromatic N) is 3. The van der Waals surface area contributed by atoms with Crippen molar-refractivity contribution in [2.75, 3.05) is 5.32 Å². The summed E-state index contributed by atoms with van der Waals surface area (Å²) in [5.41, 5.74) is -0.441. The molecule has 3 N–H and O–H groups in total. The number of amides is 2. The van der Waals surface area contributed by atoms with Crippen LogP contribution in [0.25, 0.3) is 5.69 Å². The third kappa shape index (κ3) is 10.1. The van der Waals surface area contributed by atoms with Gasteiger partial charge in [-0.2, -0.15) is 23.5 Å². The molecule has 2 amide bonds. The number of nitrogens with one attached hydrogen (secondary N) is 3. The number of alkyl carbamates (subject to hydrolysis) is 1. The Labute approximate surface area is 316 Å². The summed E-state index contributed by atoms with van der Waals surface area (Å²) >= 11 is 0. The average Bonchev–Trinajstić information content (AvgIpc) is 3.81. The number of carbonyl (C=O) groups is 2. The van der Waals surface area contributed by atoms with Gasteiger partial charge >= 0.3 is 12.3 Å². The van der Waals surface area contributed by atoms with Gasteiger partial charge in [0.25, 0.3) is 5.91 Å². The van der Waals surface area contributed by atoms with Crippen LogP contribution in [0, 0.1) is 17.2 Å². The predicted octanol–water partition coefficient (Wildman–Crippen LogP) is 8.53. The zero-order chi connectivity index (χ0) is 39.5. The highest BCUT2D eigenvalue weighted by atomic mass is 32.2. The third-order valence-corrected chi connectivity index (χ3v) is 10.4. The molecule has 0 spiro atoms. The molecule has 286 valence electrons. The van der Waals surface area contributed by atoms with Gasteiger partial charge in [0.2, 0.25) is 0 Å². The van der Waals surface area contributed by atoms with Crippen molar-refractivity contribution < 1.29 is 31.7 Å². The molecular formula is C40H45F3N6O4S. The first-order valence-corrected chi connectivity index (χ1v) is 18.8. The number of rotatable bonds is 12. The van der Waals surface area contributed by atoms with Crippen LogP contribution in [0.1, 0.15) is 106 Å². The highest BCUT2D eigenvalue weighted by Crippen LogP contribution is 2.42. The molecule has 10 nitrogen and oxygen atoms in total. The summed E-state index contributed by atoms with van der Waals surface area (Å²) in [6.45, 7) is 10.8. The number of hydrogen-bond donors (Lipinski definition) is 3. The van der Waals surface area contributed by atoms with Crippen molar-refractivity contribution in [3.63, 3.8) is 0 Å². The molecule has 2 unspecified atom stereocenters. The number of nitriles is 1. The van der Waals surface area contributed by atoms with Gasteiger partial charge in [-0.3, -0.25) is 4.79 Å². The van der Waals surface area contributed by atoms with E-state index in [1.54, 1.807) is 63.2 Å². The van der Waals surface area contributed by atoms with E-state index < -0.39 is 50.7 Å². The van der Waals surface area contributed by atoms with Crippen molar-refractivity contribution in [3.8, 4) is 11.8 Å². The lowest BCUT2D eigenvalue weighted by atomic mass is 9.79. The van der Waals surface area contributed by atoms with Gasteiger partial charge < -0.3 is 15.4 Å². The standard InChI is InChI=1S/C40H45F3N6O4S/c1-37(2,3)53-36(51)45-25-28-9-7-12-32(21-28)49-33(23-34(47-49)40(41,42)43)35(50)46-31-11-8-10-30(22-31)39(20-19-26-13-14-26,48-54(52)38(4,5)6)29-17-15-27(24-44)16-18-29/h7-12,15-18,21-23,26,48H,13-14,19-20,25H2,1-6H3,(H,45,51)(H,46,50). The second-order valence-electron chi connectivity index (χ2n) is 15.4. The topological polar surface area (TPSA) is 138 Å². The van der Waals surface area contributed by atoms with E-state index in [2.05, 4.69) is 26.5 Å². The van der Waals surface area contributed by atoms with Crippen molar-refractivity contribution in [3.05, 3.63) is 113 Å². The summed E-state index contributed by atoms with van der Waals surface area (Å²) in [5.74, 6) is -0.328. The minimum absolute atomic E-state index is 0.0141. The zero-order valence-electron chi connectivity index (χ0n) is 31.1. The van der Waals surface area contributed by atoms with Gasteiger partial charge in [0, 0.05) is 18.3 Å². The number of alkyl halides is 3. The van der Waals surface area contributed by atoms with Crippen LogP contribution in [0.4, 0.5) is 23.7 Å². The van der Waals surface area contributed by atoms with Crippen molar-refractivity contribution in [1.29, 1.82) is 5.26 Å². The van der Waals surface area contributed by atoms with Crippen LogP contribution >= 0.6 is 0 Å². The maximum atomic E-state index is 14.0. The van der Waals surface area contributed by atoms with Crippen LogP contribution in [-0.4, -0.2) is 36.3 Å². The Hall–Kier alpha value is -5.00. The van der Waals surface area contributed by atoms with E-state index in [0.717, 1.165) is 29.5 Å². The van der Waals surface area contributed by atoms with E-state index in [1.165, 1.54) is 12.1 Å². The van der Waals surface area contributed by atoms with E-state index in [-0.39, 0.29) is 17.9 Å². The Morgan fingerprint density at radius 2 is 1.63 bits per heavy atom. The number of aromatic nitrogens is 2. The lowest BCUT2D eigenvalue weighted by molar-refractivity contribution is -0.141. The summed E-state index contributed by atoms with van der Waals surface area (Å²) in [7, 11) is -1.55. The largest absolute Gasteiger partial charge is 0.444 e. The van der Waals surface area contributed by atoms with Gasteiger partial charge in [-0.1, -0.05) is 49.2 Å². The molecule has 0 aliphatic heterocycles. The van der Waals surface area contributed by atoms with Gasteiger partial charge in [-0.15, -0.1) is 0 Å². The van der Waals surface area contributed by atoms with Gasteiger partial charge in [0.05, 0.1) is 38.6 Å². The lowest BCUT2D eigenvalue weighted by Gasteiger charge is -2.38. The molecule has 2 atom stereocenters. The van der Waals surface area contributed by atoms with Gasteiger partial charge in [0.15, 0.2) is 5.69 Å². The zero-order valence-corrected chi connectivity index (χ0v) is 32.0. The molecule has 0 bridgehead atoms. The van der Waals surface area contributed by atoms with Crippen LogP contribution in [0.5, 0.6) is 0 Å².